The molecule has 1 atom stereocenters. The Kier molecular flexibility index (Phi) is 3.50. The summed E-state index contributed by atoms with van der Waals surface area (Å²) in [4.78, 5) is 30.8. The number of nitrogens with zero attached hydrogens (tertiary/aromatic N) is 3. The average Bonchev–Trinajstić information content (AvgIpc) is 2.52. The molecule has 2 aliphatic rings. The fourth-order valence-electron chi connectivity index (χ4n) is 2.74. The fraction of sp³-hybridized carbons (Fsp3) is 0.357. The molecule has 0 saturated carbocycles. The van der Waals surface area contributed by atoms with E-state index in [1.165, 1.54) is 4.90 Å². The first kappa shape index (κ1) is 15.3. The molecular formula is C14H13F3N4O2. The highest BCUT2D eigenvalue weighted by molar-refractivity contribution is 6.03. The average molecular weight is 326 g/mol. The summed E-state index contributed by atoms with van der Waals surface area (Å²) in [6.07, 6.45) is -2.62. The van der Waals surface area contributed by atoms with Crippen LogP contribution in [0.25, 0.3) is 0 Å². The molecule has 3 heterocycles. The van der Waals surface area contributed by atoms with Crippen LogP contribution in [0.5, 0.6) is 0 Å². The molecule has 1 saturated heterocycles. The van der Waals surface area contributed by atoms with Gasteiger partial charge in [-0.05, 0) is 12.1 Å². The fourth-order valence-corrected chi connectivity index (χ4v) is 2.74. The zero-order valence-corrected chi connectivity index (χ0v) is 11.9. The number of hydrogen-bond donors (Lipinski definition) is 1. The second-order valence-electron chi connectivity index (χ2n) is 5.28. The molecule has 9 heteroatoms. The largest absolute Gasteiger partial charge is 0.417 e. The van der Waals surface area contributed by atoms with Crippen molar-refractivity contribution in [2.45, 2.75) is 12.2 Å². The predicted octanol–water partition coefficient (Wildman–Crippen LogP) is 1.26. The number of carbonyl (C=O) groups is 2. The molecule has 1 fully saturated rings. The number of rotatable bonds is 1. The first-order valence-electron chi connectivity index (χ1n) is 6.87. The van der Waals surface area contributed by atoms with Crippen molar-refractivity contribution in [2.24, 2.45) is 0 Å². The Bertz CT molecular complexity index is 689. The van der Waals surface area contributed by atoms with Crippen LogP contribution in [0.15, 0.2) is 24.9 Å². The molecule has 2 aliphatic heterocycles. The van der Waals surface area contributed by atoms with E-state index in [1.807, 2.05) is 0 Å². The van der Waals surface area contributed by atoms with Gasteiger partial charge in [0.05, 0.1) is 17.8 Å². The zero-order chi connectivity index (χ0) is 16.8. The third-order valence-electron chi connectivity index (χ3n) is 3.89. The first-order valence-corrected chi connectivity index (χ1v) is 6.87. The van der Waals surface area contributed by atoms with E-state index in [0.717, 1.165) is 18.3 Å². The lowest BCUT2D eigenvalue weighted by atomic mass is 10.1. The number of nitrogens with one attached hydrogen (secondary N) is 1. The maximum Gasteiger partial charge on any atom is 0.417 e. The van der Waals surface area contributed by atoms with E-state index in [0.29, 0.717) is 13.1 Å². The molecule has 2 amide bonds. The summed E-state index contributed by atoms with van der Waals surface area (Å²) in [7, 11) is 0. The monoisotopic (exact) mass is 326 g/mol. The predicted molar refractivity (Wildman–Crippen MR) is 75.8 cm³/mol. The van der Waals surface area contributed by atoms with E-state index in [1.54, 1.807) is 4.90 Å². The van der Waals surface area contributed by atoms with Gasteiger partial charge in [-0.3, -0.25) is 9.59 Å². The highest BCUT2D eigenvalue weighted by Crippen LogP contribution is 2.37. The third kappa shape index (κ3) is 2.62. The van der Waals surface area contributed by atoms with Crippen LogP contribution in [0.1, 0.15) is 5.56 Å². The van der Waals surface area contributed by atoms with Crippen molar-refractivity contribution in [3.8, 4) is 0 Å². The lowest BCUT2D eigenvalue weighted by Gasteiger charge is -2.44. The molecule has 1 unspecified atom stereocenters. The zero-order valence-electron chi connectivity index (χ0n) is 11.9. The number of halogens is 3. The summed E-state index contributed by atoms with van der Waals surface area (Å²) >= 11 is 0. The molecule has 122 valence electrons. The minimum atomic E-state index is -4.53. The molecule has 1 aromatic heterocycles. The quantitative estimate of drug-likeness (QED) is 0.789. The number of piperazine rings is 1. The number of hydrogen-bond acceptors (Lipinski definition) is 4. The van der Waals surface area contributed by atoms with Gasteiger partial charge in [-0.1, -0.05) is 6.58 Å². The molecule has 0 bridgehead atoms. The minimum Gasteiger partial charge on any atom is -0.339 e. The van der Waals surface area contributed by atoms with Crippen LogP contribution in [-0.4, -0.2) is 47.4 Å². The number of fused-ring (bicyclic) bond motifs is 3. The maximum atomic E-state index is 12.7. The lowest BCUT2D eigenvalue weighted by molar-refractivity contribution is -0.138. The van der Waals surface area contributed by atoms with E-state index in [-0.39, 0.29) is 24.0 Å². The van der Waals surface area contributed by atoms with Gasteiger partial charge in [-0.25, -0.2) is 4.98 Å². The number of pyridine rings is 1. The molecule has 0 radical (unpaired) electrons. The van der Waals surface area contributed by atoms with Gasteiger partial charge < -0.3 is 15.1 Å². The molecule has 1 N–H and O–H groups in total. The summed E-state index contributed by atoms with van der Waals surface area (Å²) < 4.78 is 38.2. The molecule has 3 rings (SSSR count). The van der Waals surface area contributed by atoms with Gasteiger partial charge in [0.25, 0.3) is 0 Å². The highest BCUT2D eigenvalue weighted by Gasteiger charge is 2.40. The maximum absolute atomic E-state index is 12.7. The summed E-state index contributed by atoms with van der Waals surface area (Å²) in [5.41, 5.74) is -0.889. The highest BCUT2D eigenvalue weighted by atomic mass is 19.4. The second kappa shape index (κ2) is 5.25. The lowest BCUT2D eigenvalue weighted by Crippen LogP contribution is -2.61. The molecule has 1 aromatic rings. The standard InChI is InChI=1S/C14H13F3N4O2/c1-2-11(22)20-3-4-21-10(7-20)13(23)19-9-5-8(14(15,16)17)6-18-12(9)21/h2,5-6,10H,1,3-4,7H2,(H,19,23). The minimum absolute atomic E-state index is 0.0320. The summed E-state index contributed by atoms with van der Waals surface area (Å²) in [6, 6.07) is 0.196. The number of aromatic nitrogens is 1. The Hall–Kier alpha value is -2.58. The van der Waals surface area contributed by atoms with E-state index in [2.05, 4.69) is 16.9 Å². The summed E-state index contributed by atoms with van der Waals surface area (Å²) in [5.74, 6) is -0.461. The normalized spacial score (nSPS) is 20.5. The molecule has 0 aliphatic carbocycles. The number of anilines is 2. The van der Waals surface area contributed by atoms with Crippen LogP contribution in [0, 0.1) is 0 Å². The summed E-state index contributed by atoms with van der Waals surface area (Å²) in [5, 5.41) is 2.44. The number of carbonyl (C=O) groups excluding carboxylic acids is 2. The third-order valence-corrected chi connectivity index (χ3v) is 3.89. The van der Waals surface area contributed by atoms with Crippen molar-refractivity contribution in [1.82, 2.24) is 9.88 Å². The van der Waals surface area contributed by atoms with E-state index in [9.17, 15) is 22.8 Å². The second-order valence-corrected chi connectivity index (χ2v) is 5.28. The van der Waals surface area contributed by atoms with E-state index >= 15 is 0 Å². The Balaban J connectivity index is 1.92. The molecular weight excluding hydrogens is 313 g/mol. The van der Waals surface area contributed by atoms with Crippen molar-refractivity contribution in [2.75, 3.05) is 29.9 Å². The molecule has 6 nitrogen and oxygen atoms in total. The van der Waals surface area contributed by atoms with Crippen LogP contribution in [0.4, 0.5) is 24.7 Å². The van der Waals surface area contributed by atoms with Crippen LogP contribution in [0.2, 0.25) is 0 Å². The Morgan fingerprint density at radius 3 is 2.83 bits per heavy atom. The molecule has 0 aromatic carbocycles. The van der Waals surface area contributed by atoms with Gasteiger partial charge >= 0.3 is 6.18 Å². The topological polar surface area (TPSA) is 65.5 Å². The SMILES string of the molecule is C=CC(=O)N1CCN2c3ncc(C(F)(F)F)cc3NC(=O)C2C1. The Morgan fingerprint density at radius 1 is 1.43 bits per heavy atom. The van der Waals surface area contributed by atoms with Gasteiger partial charge in [0.15, 0.2) is 5.82 Å². The summed E-state index contributed by atoms with van der Waals surface area (Å²) in [6.45, 7) is 4.19. The van der Waals surface area contributed by atoms with E-state index < -0.39 is 23.7 Å². The van der Waals surface area contributed by atoms with Crippen molar-refractivity contribution >= 4 is 23.3 Å². The van der Waals surface area contributed by atoms with Crippen LogP contribution in [0.3, 0.4) is 0 Å². The van der Waals surface area contributed by atoms with Crippen molar-refractivity contribution < 1.29 is 22.8 Å². The van der Waals surface area contributed by atoms with Gasteiger partial charge in [0.1, 0.15) is 6.04 Å². The number of amides is 2. The Labute approximate surface area is 129 Å². The van der Waals surface area contributed by atoms with E-state index in [4.69, 9.17) is 0 Å². The van der Waals surface area contributed by atoms with Crippen molar-refractivity contribution in [3.63, 3.8) is 0 Å². The molecule has 23 heavy (non-hydrogen) atoms. The van der Waals surface area contributed by atoms with Crippen LogP contribution >= 0.6 is 0 Å². The Morgan fingerprint density at radius 2 is 2.17 bits per heavy atom. The van der Waals surface area contributed by atoms with Crippen LogP contribution in [-0.2, 0) is 15.8 Å². The van der Waals surface area contributed by atoms with Gasteiger partial charge in [-0.2, -0.15) is 13.2 Å². The van der Waals surface area contributed by atoms with Gasteiger partial charge in [-0.15, -0.1) is 0 Å². The van der Waals surface area contributed by atoms with Crippen LogP contribution < -0.4 is 10.2 Å². The number of alkyl halides is 3. The van der Waals surface area contributed by atoms with Gasteiger partial charge in [0, 0.05) is 19.3 Å². The smallest absolute Gasteiger partial charge is 0.339 e. The van der Waals surface area contributed by atoms with Crippen molar-refractivity contribution in [1.29, 1.82) is 0 Å². The van der Waals surface area contributed by atoms with Crippen molar-refractivity contribution in [3.05, 3.63) is 30.5 Å². The first-order chi connectivity index (χ1) is 10.8. The molecule has 0 spiro atoms. The van der Waals surface area contributed by atoms with Gasteiger partial charge in [0.2, 0.25) is 11.8 Å².